The van der Waals surface area contributed by atoms with Crippen molar-refractivity contribution in [2.75, 3.05) is 4.90 Å². The van der Waals surface area contributed by atoms with Gasteiger partial charge in [-0.2, -0.15) is 0 Å². The van der Waals surface area contributed by atoms with Crippen molar-refractivity contribution in [3.05, 3.63) is 224 Å². The molecule has 1 aliphatic rings. The maximum atomic E-state index is 4.30. The van der Waals surface area contributed by atoms with E-state index in [-0.39, 0.29) is 0 Å². The van der Waals surface area contributed by atoms with Gasteiger partial charge in [0.2, 0.25) is 0 Å². The standard InChI is InChI=1S/C56H43N3Si/c1-4-18-49-45(5-2)46-23-12-15-26-50(46)58(49)41-33-35-53-55(37-41)60(43-19-8-6-9-20-43,44-21-10-7-11-22-44)56-38-42(34-36-54(56)57(53)40-31-29-39(3)30-32-40)59-51-27-16-13-24-47(51)48-25-14-17-28-52(48)59/h4-38H,2H2,1,3H3. The molecule has 0 atom stereocenters. The quantitative estimate of drug-likeness (QED) is 0.147. The van der Waals surface area contributed by atoms with Gasteiger partial charge in [0.05, 0.1) is 22.2 Å². The molecular weight excluding hydrogens is 743 g/mol. The van der Waals surface area contributed by atoms with Crippen molar-refractivity contribution < 1.29 is 0 Å². The maximum absolute atomic E-state index is 4.30. The third-order valence-electron chi connectivity index (χ3n) is 12.5. The lowest BCUT2D eigenvalue weighted by Crippen LogP contribution is -2.77. The Kier molecular flexibility index (Phi) is 8.43. The fourth-order valence-corrected chi connectivity index (χ4v) is 15.2. The molecule has 0 N–H and O–H groups in total. The Hall–Kier alpha value is -7.40. The van der Waals surface area contributed by atoms with Crippen LogP contribution in [-0.4, -0.2) is 17.2 Å². The van der Waals surface area contributed by atoms with E-state index in [1.807, 2.05) is 6.08 Å². The minimum Gasteiger partial charge on any atom is -0.311 e. The normalized spacial score (nSPS) is 13.3. The highest BCUT2D eigenvalue weighted by Crippen LogP contribution is 2.42. The second-order valence-electron chi connectivity index (χ2n) is 15.8. The van der Waals surface area contributed by atoms with Gasteiger partial charge in [-0.25, -0.2) is 0 Å². The van der Waals surface area contributed by atoms with E-state index in [0.717, 1.165) is 33.8 Å². The fourth-order valence-electron chi connectivity index (χ4n) is 10.0. The molecule has 1 aliphatic heterocycles. The van der Waals surface area contributed by atoms with Crippen molar-refractivity contribution in [3.63, 3.8) is 0 Å². The van der Waals surface area contributed by atoms with Crippen molar-refractivity contribution in [1.82, 2.24) is 9.13 Å². The molecule has 8 aromatic carbocycles. The van der Waals surface area contributed by atoms with E-state index in [1.54, 1.807) is 0 Å². The number of hydrogen-bond acceptors (Lipinski definition) is 1. The van der Waals surface area contributed by atoms with E-state index >= 15 is 0 Å². The van der Waals surface area contributed by atoms with Crippen molar-refractivity contribution >= 4 is 90.7 Å². The highest BCUT2D eigenvalue weighted by molar-refractivity contribution is 7.21. The number of rotatable bonds is 7. The molecule has 60 heavy (non-hydrogen) atoms. The van der Waals surface area contributed by atoms with Gasteiger partial charge in [-0.1, -0.05) is 152 Å². The summed E-state index contributed by atoms with van der Waals surface area (Å²) in [5.74, 6) is 0. The van der Waals surface area contributed by atoms with Crippen LogP contribution in [0.4, 0.5) is 17.1 Å². The molecule has 11 rings (SSSR count). The van der Waals surface area contributed by atoms with E-state index < -0.39 is 8.07 Å². The molecule has 0 unspecified atom stereocenters. The zero-order valence-electron chi connectivity index (χ0n) is 33.8. The van der Waals surface area contributed by atoms with Crippen LogP contribution in [-0.2, 0) is 0 Å². The SMILES string of the molecule is C=Cc1c(C=CC)n(-c2ccc3c(c2)[Si](c2ccccc2)(c2ccccc2)c2cc(-n4c5ccccc5c5ccccc54)ccc2N3c2ccc(C)cc2)c2ccccc12. The van der Waals surface area contributed by atoms with Crippen LogP contribution < -0.4 is 25.6 Å². The summed E-state index contributed by atoms with van der Waals surface area (Å²) in [6, 6.07) is 72.5. The predicted molar refractivity (Wildman–Crippen MR) is 259 cm³/mol. The third kappa shape index (κ3) is 5.21. The first kappa shape index (κ1) is 35.7. The molecule has 3 nitrogen and oxygen atoms in total. The van der Waals surface area contributed by atoms with Crippen molar-refractivity contribution in [2.45, 2.75) is 13.8 Å². The number of aryl methyl sites for hydroxylation is 1. The zero-order valence-corrected chi connectivity index (χ0v) is 34.8. The van der Waals surface area contributed by atoms with Crippen molar-refractivity contribution in [3.8, 4) is 11.4 Å². The average Bonchev–Trinajstić information content (AvgIpc) is 3.81. The average molecular weight is 786 g/mol. The highest BCUT2D eigenvalue weighted by Gasteiger charge is 2.49. The molecule has 0 saturated carbocycles. The minimum atomic E-state index is -3.12. The van der Waals surface area contributed by atoms with E-state index in [1.165, 1.54) is 64.9 Å². The van der Waals surface area contributed by atoms with Gasteiger partial charge in [0, 0.05) is 50.2 Å². The largest absolute Gasteiger partial charge is 0.311 e. The molecule has 3 heterocycles. The van der Waals surface area contributed by atoms with E-state index in [2.05, 4.69) is 241 Å². The van der Waals surface area contributed by atoms with Gasteiger partial charge >= 0.3 is 0 Å². The summed E-state index contributed by atoms with van der Waals surface area (Å²) in [6.07, 6.45) is 6.36. The molecule has 0 aliphatic carbocycles. The Labute approximate surface area is 352 Å². The molecule has 0 radical (unpaired) electrons. The number of hydrogen-bond donors (Lipinski definition) is 0. The van der Waals surface area contributed by atoms with Gasteiger partial charge in [-0.3, -0.25) is 0 Å². The number of fused-ring (bicyclic) bond motifs is 6. The van der Waals surface area contributed by atoms with Crippen LogP contribution in [0.3, 0.4) is 0 Å². The van der Waals surface area contributed by atoms with Gasteiger partial charge < -0.3 is 14.0 Å². The summed E-state index contributed by atoms with van der Waals surface area (Å²) in [6.45, 7) is 8.55. The second kappa shape index (κ2) is 14.2. The molecule has 2 aromatic heterocycles. The highest BCUT2D eigenvalue weighted by atomic mass is 28.3. The van der Waals surface area contributed by atoms with Gasteiger partial charge in [0.15, 0.2) is 8.07 Å². The first-order valence-electron chi connectivity index (χ1n) is 20.8. The molecule has 0 amide bonds. The smallest absolute Gasteiger partial charge is 0.184 e. The van der Waals surface area contributed by atoms with E-state index in [0.29, 0.717) is 0 Å². The molecule has 0 fully saturated rings. The van der Waals surface area contributed by atoms with Crippen molar-refractivity contribution in [1.29, 1.82) is 0 Å². The minimum absolute atomic E-state index is 1.13. The van der Waals surface area contributed by atoms with Gasteiger partial charge in [0.25, 0.3) is 0 Å². The molecular formula is C56H43N3Si. The second-order valence-corrected chi connectivity index (χ2v) is 19.5. The van der Waals surface area contributed by atoms with Crippen LogP contribution in [0.2, 0.25) is 0 Å². The Morgan fingerprint density at radius 3 is 1.43 bits per heavy atom. The molecule has 10 aromatic rings. The lowest BCUT2D eigenvalue weighted by molar-refractivity contribution is 1.10. The van der Waals surface area contributed by atoms with Crippen LogP contribution in [0.1, 0.15) is 23.7 Å². The first-order valence-corrected chi connectivity index (χ1v) is 22.8. The van der Waals surface area contributed by atoms with Gasteiger partial charge in [0.1, 0.15) is 0 Å². The number of nitrogens with zero attached hydrogens (tertiary/aromatic N) is 3. The van der Waals surface area contributed by atoms with Crippen LogP contribution in [0.5, 0.6) is 0 Å². The Morgan fingerprint density at radius 2 is 0.917 bits per heavy atom. The molecule has 0 saturated heterocycles. The predicted octanol–water partition coefficient (Wildman–Crippen LogP) is 11.9. The number of aromatic nitrogens is 2. The number of para-hydroxylation sites is 3. The van der Waals surface area contributed by atoms with Crippen LogP contribution in [0.15, 0.2) is 207 Å². The molecule has 0 bridgehead atoms. The summed E-state index contributed by atoms with van der Waals surface area (Å²) < 4.78 is 4.90. The maximum Gasteiger partial charge on any atom is 0.184 e. The number of anilines is 3. The molecule has 4 heteroatoms. The molecule has 286 valence electrons. The molecule has 0 spiro atoms. The Bertz CT molecular complexity index is 3200. The van der Waals surface area contributed by atoms with Gasteiger partial charge in [-0.05, 0) is 107 Å². The summed E-state index contributed by atoms with van der Waals surface area (Å²) in [7, 11) is -3.12. The lowest BCUT2D eigenvalue weighted by Gasteiger charge is -2.45. The zero-order chi connectivity index (χ0) is 40.4. The summed E-state index contributed by atoms with van der Waals surface area (Å²) >= 11 is 0. The number of allylic oxidation sites excluding steroid dienone is 1. The van der Waals surface area contributed by atoms with E-state index in [9.17, 15) is 0 Å². The fraction of sp³-hybridized carbons (Fsp3) is 0.0357. The Morgan fingerprint density at radius 1 is 0.467 bits per heavy atom. The van der Waals surface area contributed by atoms with E-state index in [4.69, 9.17) is 0 Å². The lowest BCUT2D eigenvalue weighted by atomic mass is 10.1. The third-order valence-corrected chi connectivity index (χ3v) is 17.3. The summed E-state index contributed by atoms with van der Waals surface area (Å²) in [5, 5.41) is 9.08. The first-order chi connectivity index (χ1) is 29.6. The summed E-state index contributed by atoms with van der Waals surface area (Å²) in [4.78, 5) is 2.51. The monoisotopic (exact) mass is 785 g/mol. The van der Waals surface area contributed by atoms with Crippen LogP contribution in [0, 0.1) is 6.92 Å². The van der Waals surface area contributed by atoms with Crippen molar-refractivity contribution in [2.24, 2.45) is 0 Å². The topological polar surface area (TPSA) is 13.1 Å². The summed E-state index contributed by atoms with van der Waals surface area (Å²) in [5.41, 5.74) is 12.9. The number of benzene rings is 8. The Balaban J connectivity index is 1.31. The van der Waals surface area contributed by atoms with Gasteiger partial charge in [-0.15, -0.1) is 0 Å². The van der Waals surface area contributed by atoms with Crippen LogP contribution in [0.25, 0.3) is 56.2 Å². The van der Waals surface area contributed by atoms with Crippen LogP contribution >= 0.6 is 0 Å².